The Morgan fingerprint density at radius 3 is 1.95 bits per heavy atom. The van der Waals surface area contributed by atoms with E-state index in [0.717, 1.165) is 48.3 Å². The highest BCUT2D eigenvalue weighted by Crippen LogP contribution is 2.40. The molecular formula is C97H148N8O24. The molecule has 7 N–H and O–H groups in total. The molecule has 3 aliphatic heterocycles. The van der Waals surface area contributed by atoms with E-state index in [9.17, 15) is 44.1 Å². The van der Waals surface area contributed by atoms with Crippen molar-refractivity contribution in [2.45, 2.75) is 252 Å². The number of aromatic nitrogens is 5. The van der Waals surface area contributed by atoms with Gasteiger partial charge in [0.2, 0.25) is 5.79 Å². The van der Waals surface area contributed by atoms with E-state index in [1.807, 2.05) is 99.2 Å². The van der Waals surface area contributed by atoms with E-state index >= 15 is 0 Å². The number of anilines is 2. The topological polar surface area (TPSA) is 417 Å². The number of nitrogens with zero attached hydrogens (tertiary/aromatic N) is 6. The van der Waals surface area contributed by atoms with Gasteiger partial charge in [-0.25, -0.2) is 19.4 Å². The lowest BCUT2D eigenvalue weighted by Crippen LogP contribution is -2.61. The highest BCUT2D eigenvalue weighted by atomic mass is 16.6. The van der Waals surface area contributed by atoms with Gasteiger partial charge in [-0.3, -0.25) is 24.0 Å². The Kier molecular flexibility index (Phi) is 48.5. The van der Waals surface area contributed by atoms with E-state index in [-0.39, 0.29) is 73.2 Å². The van der Waals surface area contributed by atoms with Crippen molar-refractivity contribution < 1.29 is 115 Å². The normalized spacial score (nSPS) is 26.5. The average Bonchev–Trinajstić information content (AvgIpc) is 1.72. The van der Waals surface area contributed by atoms with Gasteiger partial charge in [-0.15, -0.1) is 0 Å². The van der Waals surface area contributed by atoms with Gasteiger partial charge < -0.3 is 102 Å². The van der Waals surface area contributed by atoms with Gasteiger partial charge in [-0.05, 0) is 162 Å². The predicted molar refractivity (Wildman–Crippen MR) is 489 cm³/mol. The zero-order valence-electron chi connectivity index (χ0n) is 78.7. The number of cyclic esters (lactones) is 1. The van der Waals surface area contributed by atoms with E-state index in [2.05, 4.69) is 28.8 Å². The van der Waals surface area contributed by atoms with Crippen molar-refractivity contribution in [2.24, 2.45) is 35.5 Å². The number of hydrogen-bond acceptors (Lipinski definition) is 30. The minimum atomic E-state index is -2.44. The summed E-state index contributed by atoms with van der Waals surface area (Å²) in [4.78, 5) is 95.6. The molecule has 16 atom stereocenters. The number of amides is 1. The van der Waals surface area contributed by atoms with Gasteiger partial charge in [0.25, 0.3) is 17.7 Å². The molecule has 0 unspecified atom stereocenters. The van der Waals surface area contributed by atoms with Crippen molar-refractivity contribution >= 4 is 69.2 Å². The second-order valence-electron chi connectivity index (χ2n) is 34.3. The molecule has 129 heavy (non-hydrogen) atoms. The lowest BCUT2D eigenvalue weighted by molar-refractivity contribution is -0.265. The molecule has 1 amide bonds. The van der Waals surface area contributed by atoms with Crippen molar-refractivity contribution in [1.82, 2.24) is 29.6 Å². The highest BCUT2D eigenvalue weighted by molar-refractivity contribution is 6.39. The summed E-state index contributed by atoms with van der Waals surface area (Å²) >= 11 is 0. The van der Waals surface area contributed by atoms with Gasteiger partial charge in [0, 0.05) is 117 Å². The number of esters is 2. The fourth-order valence-corrected chi connectivity index (χ4v) is 16.5. The van der Waals surface area contributed by atoms with Crippen LogP contribution in [-0.2, 0) is 108 Å². The Morgan fingerprint density at radius 2 is 1.33 bits per heavy atom. The summed E-state index contributed by atoms with van der Waals surface area (Å²) in [5.41, 5.74) is 18.7. The quantitative estimate of drug-likeness (QED) is 0.0106. The number of aliphatic hydroxyl groups is 3. The maximum atomic E-state index is 14.6. The molecule has 0 spiro atoms. The van der Waals surface area contributed by atoms with Crippen LogP contribution in [0.3, 0.4) is 0 Å². The minimum absolute atomic E-state index is 0.0103. The van der Waals surface area contributed by atoms with Crippen LogP contribution < -0.4 is 11.5 Å². The minimum Gasteiger partial charge on any atom is -0.460 e. The van der Waals surface area contributed by atoms with Crippen LogP contribution in [0.5, 0.6) is 0 Å². The molecule has 2 saturated heterocycles. The summed E-state index contributed by atoms with van der Waals surface area (Å²) in [7, 11) is 7.75. The molecular weight excluding hydrogens is 1660 g/mol. The maximum absolute atomic E-state index is 14.6. The van der Waals surface area contributed by atoms with Crippen molar-refractivity contribution in [3.63, 3.8) is 0 Å². The first-order chi connectivity index (χ1) is 62.1. The number of allylic oxidation sites excluding steroid dienone is 5. The standard InChI is InChI=1S/C56H89NO15.C25H25N7O3.C16H34O6/c1-34-18-13-12-14-19-35(2)46(67-9)32-42-24-22-40(7)56(65,72-42)53(62)54(63)57-26-16-15-20-43(57)55(64)71-47(33-44(58)36(3)29-39(6)51(61)52(69-11)50(60)38(5)28-34)37(4)30-41-23-25-45(48(31-41)68-10)70-49(59)21-17-27-66-8;1-34-11-10-18(33)8-6-15-2-4-16(5-3-15)13-32-24-21(23(26)28-14-29-24)22(31-32)17-7-9-20-19(12-17)30-25(27)35-20;1-3-5-17-7-9-19-11-13-21-15-16-22-14-12-20-10-8-18-6-4-2/h12-14,18-19,29,34,36-38,40-48,51-52,58,61,65H,15-17,20-28,30-33H2,1-11H3;2-5,7,9,12,14H,6,8,10-11,13H2,1H3,(H2,27,30)(H2,26,28,29);3-16H2,1-2H3/b14-12+,18-13+,35-19+,39-29+;;/t34-,36-,37-,38-,40-,41+,42+,43+,44-,45-,46+,47+,48-,51-,52+,56-;;/m1../s1. The molecule has 0 radical (unpaired) electrons. The SMILES string of the molecule is CCCOCCOCCOCCOCCOCCOCCC.COCCC(=O)CCc1ccc(Cn2nc(-c3ccc4oc(N)nc4c3)c3c(N)ncnc32)cc1.COCCCC(=O)O[C@@H]1CC[C@@H](C[C@@H](C)[C@@H]2C[C@@H](O)[C@H](C)/C=C(\C)[C@@H](O)[C@@H](OC)C(=O)[C@H](C)C[C@H](C)/C=C/C=C/C=C(\C)[C@@H](OC)C[C@@H]3CC[C@@H](C)[C@@](O)(O3)C(=O)C(=O)N3CCCC[C@H]3C(=O)O2)C[C@H]1OC. The smallest absolute Gasteiger partial charge is 0.329 e. The molecule has 3 fully saturated rings. The number of aliphatic hydroxyl groups excluding tert-OH is 2. The van der Waals surface area contributed by atoms with E-state index < -0.39 is 90.0 Å². The lowest BCUT2D eigenvalue weighted by atomic mass is 9.78. The number of ether oxygens (including phenoxy) is 14. The maximum Gasteiger partial charge on any atom is 0.329 e. The zero-order valence-corrected chi connectivity index (χ0v) is 78.7. The second-order valence-corrected chi connectivity index (χ2v) is 34.3. The zero-order chi connectivity index (χ0) is 93.8. The number of Topliss-reactive ketones (excluding diaryl/α,β-unsaturated/α-hetero) is 3. The molecule has 2 aromatic carbocycles. The number of rotatable bonds is 39. The number of ketones is 3. The van der Waals surface area contributed by atoms with E-state index in [1.54, 1.807) is 61.4 Å². The molecule has 1 aliphatic carbocycles. The average molecular weight is 1810 g/mol. The Labute approximate surface area is 761 Å². The van der Waals surface area contributed by atoms with E-state index in [4.69, 9.17) is 87.3 Å². The third-order valence-electron chi connectivity index (χ3n) is 24.1. The molecule has 32 heteroatoms. The number of carbonyl (C=O) groups excluding carboxylic acids is 6. The molecule has 32 nitrogen and oxygen atoms in total. The largest absolute Gasteiger partial charge is 0.460 e. The van der Waals surface area contributed by atoms with Crippen molar-refractivity contribution in [3.05, 3.63) is 108 Å². The van der Waals surface area contributed by atoms with Gasteiger partial charge in [-0.2, -0.15) is 10.1 Å². The molecule has 9 rings (SSSR count). The van der Waals surface area contributed by atoms with Crippen LogP contribution in [0.4, 0.5) is 11.8 Å². The Hall–Kier alpha value is -8.16. The first-order valence-corrected chi connectivity index (χ1v) is 46.1. The highest BCUT2D eigenvalue weighted by Gasteiger charge is 2.53. The van der Waals surface area contributed by atoms with Crippen LogP contribution in [0.25, 0.3) is 33.4 Å². The fourth-order valence-electron chi connectivity index (χ4n) is 16.5. The third-order valence-corrected chi connectivity index (χ3v) is 24.1. The molecule has 720 valence electrons. The number of oxazole rings is 1. The summed E-state index contributed by atoms with van der Waals surface area (Å²) in [6, 6.07) is 12.7. The predicted octanol–water partition coefficient (Wildman–Crippen LogP) is 12.2. The summed E-state index contributed by atoms with van der Waals surface area (Å²) < 4.78 is 85.0. The van der Waals surface area contributed by atoms with Crippen molar-refractivity contribution in [1.29, 1.82) is 0 Å². The van der Waals surface area contributed by atoms with Gasteiger partial charge in [-0.1, -0.05) is 109 Å². The molecule has 4 aliphatic rings. The fraction of sp³-hybridized carbons (Fsp3) is 0.670. The molecule has 2 bridgehead atoms. The first-order valence-electron chi connectivity index (χ1n) is 46.1. The number of piperidine rings is 1. The van der Waals surface area contributed by atoms with Crippen LogP contribution in [0, 0.1) is 35.5 Å². The number of fused-ring (bicyclic) bond motifs is 5. The van der Waals surface area contributed by atoms with Crippen molar-refractivity contribution in [2.75, 3.05) is 146 Å². The van der Waals surface area contributed by atoms with Crippen LogP contribution >= 0.6 is 0 Å². The summed E-state index contributed by atoms with van der Waals surface area (Å²) in [5, 5.41) is 41.0. The van der Waals surface area contributed by atoms with E-state index in [0.29, 0.717) is 215 Å². The van der Waals surface area contributed by atoms with Crippen LogP contribution in [0.1, 0.15) is 189 Å². The van der Waals surface area contributed by atoms with Gasteiger partial charge in [0.05, 0.1) is 109 Å². The number of hydrogen-bond donors (Lipinski definition) is 5. The molecule has 5 aromatic rings. The Bertz CT molecular complexity index is 4280. The van der Waals surface area contributed by atoms with Gasteiger partial charge in [0.15, 0.2) is 17.0 Å². The van der Waals surface area contributed by atoms with E-state index in [1.165, 1.54) is 18.3 Å². The van der Waals surface area contributed by atoms with Crippen molar-refractivity contribution in [3.8, 4) is 11.3 Å². The van der Waals surface area contributed by atoms with Crippen LogP contribution in [0.15, 0.2) is 101 Å². The number of nitrogen functional groups attached to an aromatic ring is 2. The third kappa shape index (κ3) is 35.1. The number of methoxy groups -OCH3 is 5. The monoisotopic (exact) mass is 1810 g/mol. The Morgan fingerprint density at radius 1 is 0.674 bits per heavy atom. The lowest BCUT2D eigenvalue weighted by Gasteiger charge is -2.43. The second kappa shape index (κ2) is 58.0. The number of carbonyl (C=O) groups is 6. The van der Waals surface area contributed by atoms with Gasteiger partial charge >= 0.3 is 11.9 Å². The first kappa shape index (κ1) is 108. The molecule has 3 aromatic heterocycles. The van der Waals surface area contributed by atoms with Gasteiger partial charge in [0.1, 0.15) is 59.6 Å². The number of aryl methyl sites for hydroxylation is 1. The Balaban J connectivity index is 0.000000325. The number of benzene rings is 2. The van der Waals surface area contributed by atoms with Crippen LogP contribution in [-0.4, -0.2) is 275 Å². The van der Waals surface area contributed by atoms with Crippen LogP contribution in [0.2, 0.25) is 0 Å². The summed E-state index contributed by atoms with van der Waals surface area (Å²) in [6.45, 7) is 26.2. The molecule has 6 heterocycles. The number of nitrogens with two attached hydrogens (primary N) is 2. The summed E-state index contributed by atoms with van der Waals surface area (Å²) in [5.74, 6) is -7.27. The summed E-state index contributed by atoms with van der Waals surface area (Å²) in [6.07, 6.45) is 16.6. The molecule has 1 saturated carbocycles.